The van der Waals surface area contributed by atoms with E-state index < -0.39 is 22.9 Å². The monoisotopic (exact) mass is 478 g/mol. The van der Waals surface area contributed by atoms with Crippen molar-refractivity contribution in [2.24, 2.45) is 0 Å². The number of nitrogens with zero attached hydrogens (tertiary/aromatic N) is 1. The summed E-state index contributed by atoms with van der Waals surface area (Å²) in [6, 6.07) is 15.6. The second-order valence-corrected chi connectivity index (χ2v) is 8.43. The van der Waals surface area contributed by atoms with E-state index in [1.54, 1.807) is 30.3 Å². The molecule has 2 heterocycles. The number of hydrogen-bond acceptors (Lipinski definition) is 6. The lowest BCUT2D eigenvalue weighted by Crippen LogP contribution is -2.37. The van der Waals surface area contributed by atoms with Crippen molar-refractivity contribution in [1.29, 1.82) is 0 Å². The minimum atomic E-state index is -0.486. The average molecular weight is 479 g/mol. The molecule has 172 valence electrons. The van der Waals surface area contributed by atoms with E-state index in [1.807, 2.05) is 0 Å². The van der Waals surface area contributed by atoms with E-state index in [1.165, 1.54) is 43.3 Å². The zero-order valence-electron chi connectivity index (χ0n) is 18.0. The first-order chi connectivity index (χ1) is 16.3. The zero-order chi connectivity index (χ0) is 24.2. The number of imide groups is 1. The van der Waals surface area contributed by atoms with Gasteiger partial charge >= 0.3 is 0 Å². The summed E-state index contributed by atoms with van der Waals surface area (Å²) < 4.78 is 18.7. The van der Waals surface area contributed by atoms with Gasteiger partial charge in [0.15, 0.2) is 11.5 Å². The summed E-state index contributed by atoms with van der Waals surface area (Å²) in [7, 11) is 0. The van der Waals surface area contributed by atoms with E-state index in [0.29, 0.717) is 16.9 Å². The van der Waals surface area contributed by atoms with Gasteiger partial charge in [-0.2, -0.15) is 0 Å². The summed E-state index contributed by atoms with van der Waals surface area (Å²) in [5.74, 6) is -0.843. The molecular formula is C25H19FN2O5S. The summed E-state index contributed by atoms with van der Waals surface area (Å²) in [6.07, 6.45) is 1.52. The highest BCUT2D eigenvalue weighted by molar-refractivity contribution is 8.18. The number of amides is 3. The van der Waals surface area contributed by atoms with Crippen LogP contribution >= 0.6 is 11.8 Å². The van der Waals surface area contributed by atoms with Crippen molar-refractivity contribution < 1.29 is 28.0 Å². The van der Waals surface area contributed by atoms with Gasteiger partial charge in [-0.15, -0.1) is 0 Å². The number of nitrogens with one attached hydrogen (secondary N) is 1. The SMILES string of the molecule is CC(=O)c1ccc(-c2ccc(C(=O)NCCN3C(=O)SC(=Cc4ccc(F)cc4)C3=O)o2)cc1. The van der Waals surface area contributed by atoms with Crippen LogP contribution in [0.2, 0.25) is 0 Å². The van der Waals surface area contributed by atoms with E-state index in [4.69, 9.17) is 4.42 Å². The van der Waals surface area contributed by atoms with Gasteiger partial charge in [0, 0.05) is 24.2 Å². The van der Waals surface area contributed by atoms with E-state index in [2.05, 4.69) is 5.32 Å². The Kier molecular flexibility index (Phi) is 6.74. The topological polar surface area (TPSA) is 96.7 Å². The Balaban J connectivity index is 1.33. The van der Waals surface area contributed by atoms with Gasteiger partial charge in [-0.1, -0.05) is 36.4 Å². The number of halogens is 1. The zero-order valence-corrected chi connectivity index (χ0v) is 18.9. The number of carbonyl (C=O) groups excluding carboxylic acids is 4. The standard InChI is InChI=1S/C25H19FN2O5S/c1-15(29)17-4-6-18(7-5-17)20-10-11-21(33-20)23(30)27-12-13-28-24(31)22(34-25(28)32)14-16-2-8-19(26)9-3-16/h2-11,14H,12-13H2,1H3,(H,27,30). The number of Topliss-reactive ketones (excluding diaryl/α,β-unsaturated/α-hetero) is 1. The molecule has 3 aromatic rings. The third-order valence-electron chi connectivity index (χ3n) is 5.07. The van der Waals surface area contributed by atoms with Crippen molar-refractivity contribution in [2.45, 2.75) is 6.92 Å². The van der Waals surface area contributed by atoms with Crippen LogP contribution < -0.4 is 5.32 Å². The maximum Gasteiger partial charge on any atom is 0.293 e. The number of benzene rings is 2. The highest BCUT2D eigenvalue weighted by Gasteiger charge is 2.34. The molecule has 0 aliphatic carbocycles. The molecule has 0 atom stereocenters. The smallest absolute Gasteiger partial charge is 0.293 e. The first kappa shape index (κ1) is 23.2. The molecule has 1 N–H and O–H groups in total. The lowest BCUT2D eigenvalue weighted by atomic mass is 10.1. The van der Waals surface area contributed by atoms with Gasteiger partial charge < -0.3 is 9.73 Å². The Hall–Kier alpha value is -3.98. The second-order valence-electron chi connectivity index (χ2n) is 7.44. The number of ketones is 1. The minimum absolute atomic E-state index is 0.00274. The molecular weight excluding hydrogens is 459 g/mol. The minimum Gasteiger partial charge on any atom is -0.451 e. The predicted octanol–water partition coefficient (Wildman–Crippen LogP) is 4.75. The van der Waals surface area contributed by atoms with Crippen LogP contribution in [0.1, 0.15) is 33.4 Å². The van der Waals surface area contributed by atoms with Crippen molar-refractivity contribution in [3.8, 4) is 11.3 Å². The number of furan rings is 1. The highest BCUT2D eigenvalue weighted by Crippen LogP contribution is 2.32. The molecule has 1 aliphatic rings. The van der Waals surface area contributed by atoms with Gasteiger partial charge in [0.2, 0.25) is 0 Å². The normalized spacial score (nSPS) is 14.6. The van der Waals surface area contributed by atoms with Crippen molar-refractivity contribution >= 4 is 40.7 Å². The molecule has 1 aliphatic heterocycles. The van der Waals surface area contributed by atoms with Crippen LogP contribution in [0.5, 0.6) is 0 Å². The molecule has 34 heavy (non-hydrogen) atoms. The molecule has 0 radical (unpaired) electrons. The first-order valence-corrected chi connectivity index (χ1v) is 11.1. The predicted molar refractivity (Wildman–Crippen MR) is 126 cm³/mol. The number of carbonyl (C=O) groups is 4. The van der Waals surface area contributed by atoms with Gasteiger partial charge in [-0.3, -0.25) is 24.1 Å². The summed E-state index contributed by atoms with van der Waals surface area (Å²) in [5, 5.41) is 2.19. The molecule has 4 rings (SSSR count). The summed E-state index contributed by atoms with van der Waals surface area (Å²) >= 11 is 0.792. The molecule has 9 heteroatoms. The van der Waals surface area contributed by atoms with Crippen LogP contribution in [-0.4, -0.2) is 40.8 Å². The van der Waals surface area contributed by atoms with E-state index >= 15 is 0 Å². The molecule has 1 aromatic heterocycles. The largest absolute Gasteiger partial charge is 0.451 e. The van der Waals surface area contributed by atoms with Crippen LogP contribution in [0.25, 0.3) is 17.4 Å². The maximum atomic E-state index is 13.0. The maximum absolute atomic E-state index is 13.0. The molecule has 0 bridgehead atoms. The molecule has 0 saturated carbocycles. The Morgan fingerprint density at radius 3 is 2.41 bits per heavy atom. The quantitative estimate of drug-likeness (QED) is 0.389. The van der Waals surface area contributed by atoms with E-state index in [9.17, 15) is 23.6 Å². The first-order valence-electron chi connectivity index (χ1n) is 10.3. The fraction of sp³-hybridized carbons (Fsp3) is 0.120. The average Bonchev–Trinajstić information content (AvgIpc) is 3.41. The molecule has 2 aromatic carbocycles. The summed E-state index contributed by atoms with van der Waals surface area (Å²) in [4.78, 5) is 49.9. The number of thioether (sulfide) groups is 1. The van der Waals surface area contributed by atoms with Crippen LogP contribution in [0.3, 0.4) is 0 Å². The molecule has 3 amide bonds. The number of rotatable bonds is 7. The molecule has 0 unspecified atom stereocenters. The van der Waals surface area contributed by atoms with Crippen LogP contribution in [0.4, 0.5) is 9.18 Å². The van der Waals surface area contributed by atoms with Crippen LogP contribution in [0.15, 0.2) is 70.0 Å². The van der Waals surface area contributed by atoms with Gasteiger partial charge in [0.1, 0.15) is 11.6 Å². The third kappa shape index (κ3) is 5.15. The summed E-state index contributed by atoms with van der Waals surface area (Å²) in [6.45, 7) is 1.52. The van der Waals surface area contributed by atoms with Crippen LogP contribution in [0, 0.1) is 5.82 Å². The third-order valence-corrected chi connectivity index (χ3v) is 5.98. The van der Waals surface area contributed by atoms with Crippen molar-refractivity contribution in [1.82, 2.24) is 10.2 Å². The van der Waals surface area contributed by atoms with Crippen LogP contribution in [-0.2, 0) is 4.79 Å². The van der Waals surface area contributed by atoms with Gasteiger partial charge in [0.25, 0.3) is 17.1 Å². The second kappa shape index (κ2) is 9.88. The molecule has 1 fully saturated rings. The fourth-order valence-corrected chi connectivity index (χ4v) is 4.12. The lowest BCUT2D eigenvalue weighted by Gasteiger charge is -2.12. The fourth-order valence-electron chi connectivity index (χ4n) is 3.26. The van der Waals surface area contributed by atoms with Crippen molar-refractivity contribution in [3.63, 3.8) is 0 Å². The van der Waals surface area contributed by atoms with Gasteiger partial charge in [-0.05, 0) is 54.6 Å². The van der Waals surface area contributed by atoms with E-state index in [0.717, 1.165) is 22.2 Å². The Labute approximate surface area is 198 Å². The molecule has 7 nitrogen and oxygen atoms in total. The van der Waals surface area contributed by atoms with Gasteiger partial charge in [0.05, 0.1) is 4.91 Å². The molecule has 1 saturated heterocycles. The van der Waals surface area contributed by atoms with E-state index in [-0.39, 0.29) is 29.5 Å². The van der Waals surface area contributed by atoms with Gasteiger partial charge in [-0.25, -0.2) is 4.39 Å². The Bertz CT molecular complexity index is 1300. The van der Waals surface area contributed by atoms with Crippen molar-refractivity contribution in [3.05, 3.63) is 88.3 Å². The highest BCUT2D eigenvalue weighted by atomic mass is 32.2. The number of hydrogen-bond donors (Lipinski definition) is 1. The summed E-state index contributed by atoms with van der Waals surface area (Å²) in [5.41, 5.74) is 1.90. The van der Waals surface area contributed by atoms with Crippen molar-refractivity contribution in [2.75, 3.05) is 13.1 Å². The Morgan fingerprint density at radius 1 is 1.03 bits per heavy atom. The lowest BCUT2D eigenvalue weighted by molar-refractivity contribution is -0.122. The molecule has 0 spiro atoms. The Morgan fingerprint density at radius 2 is 1.74 bits per heavy atom.